The Balaban J connectivity index is 0. The molecule has 0 bridgehead atoms. The van der Waals surface area contributed by atoms with E-state index in [1.807, 2.05) is 5.92 Å². The van der Waals surface area contributed by atoms with Crippen LogP contribution in [0.1, 0.15) is 0 Å². The molecule has 0 amide bonds. The fourth-order valence-electron chi connectivity index (χ4n) is 0.442. The minimum absolute atomic E-state index is 0. The molecule has 0 atom stereocenters. The van der Waals surface area contributed by atoms with Gasteiger partial charge in [0.05, 0.1) is 0 Å². The van der Waals surface area contributed by atoms with Crippen LogP contribution in [0.25, 0.3) is 0 Å². The van der Waals surface area contributed by atoms with Gasteiger partial charge in [0.2, 0.25) is 0 Å². The Morgan fingerprint density at radius 3 is 1.00 bits per heavy atom. The summed E-state index contributed by atoms with van der Waals surface area (Å²) in [6.07, 6.45) is 11.4. The molecule has 78 valence electrons. The molecule has 0 N–H and O–H groups in total. The quantitative estimate of drug-likeness (QED) is 0.363. The molecule has 1 heteroatoms. The van der Waals surface area contributed by atoms with Crippen LogP contribution in [-0.4, -0.2) is 0 Å². The number of hydrogen-bond donors (Lipinski definition) is 0. The van der Waals surface area contributed by atoms with Crippen molar-refractivity contribution in [2.24, 2.45) is 0 Å². The van der Waals surface area contributed by atoms with Gasteiger partial charge in [-0.25, -0.2) is 5.92 Å². The largest absolute Gasteiger partial charge is 0.358 e. The van der Waals surface area contributed by atoms with Crippen molar-refractivity contribution >= 4 is 0 Å². The van der Waals surface area contributed by atoms with Gasteiger partial charge in [-0.05, 0) is 77.0 Å². The number of terminal acetylenes is 1. The van der Waals surface area contributed by atoms with Crippen LogP contribution in [-0.2, 0) is 0 Å². The monoisotopic (exact) mass is 455 g/mol. The molecule has 0 spiro atoms. The van der Waals surface area contributed by atoms with E-state index in [9.17, 15) is 0 Å². The zero-order valence-electron chi connectivity index (χ0n) is 9.58. The third-order valence-electron chi connectivity index (χ3n) is 0.947. The summed E-state index contributed by atoms with van der Waals surface area (Å²) < 4.78 is 0. The molecule has 0 aliphatic heterocycles. The van der Waals surface area contributed by atoms with Crippen LogP contribution in [0.15, 0.2) is 0 Å². The maximum atomic E-state index is 6.47. The first kappa shape index (κ1) is 18.5. The van der Waals surface area contributed by atoms with Gasteiger partial charge in [0.25, 0.3) is 0 Å². The van der Waals surface area contributed by atoms with E-state index in [4.69, 9.17) is 12.8 Å². The molecule has 19 heavy (non-hydrogen) atoms. The fraction of sp³-hybridized carbons (Fsp3) is 0. The number of hydrogen-bond acceptors (Lipinski definition) is 0. The van der Waals surface area contributed by atoms with Crippen molar-refractivity contribution < 1.29 is 31.1 Å². The molecule has 0 aromatic carbocycles. The summed E-state index contributed by atoms with van der Waals surface area (Å²) in [5, 5.41) is 0. The van der Waals surface area contributed by atoms with Gasteiger partial charge >= 0.3 is 0 Å². The van der Waals surface area contributed by atoms with E-state index in [0.717, 1.165) is 0 Å². The average molecular weight is 455 g/mol. The molecule has 0 nitrogen and oxygen atoms in total. The van der Waals surface area contributed by atoms with Gasteiger partial charge < -0.3 is 6.42 Å². The molecule has 0 aromatic rings. The van der Waals surface area contributed by atoms with Gasteiger partial charge in [-0.2, -0.15) is 0 Å². The summed E-state index contributed by atoms with van der Waals surface area (Å²) in [4.78, 5) is 0. The Morgan fingerprint density at radius 1 is 0.474 bits per heavy atom. The van der Waals surface area contributed by atoms with Crippen molar-refractivity contribution in [1.82, 2.24) is 0 Å². The Morgan fingerprint density at radius 2 is 0.737 bits per heavy atom. The van der Waals surface area contributed by atoms with Crippen LogP contribution in [0, 0.1) is 139 Å². The summed E-state index contributed by atoms with van der Waals surface area (Å²) in [5.41, 5.74) is 0. The average Bonchev–Trinajstić information content (AvgIpc) is 2.39. The number of rotatable bonds is 0. The van der Waals surface area contributed by atoms with Crippen molar-refractivity contribution in [3.05, 3.63) is 6.42 Å². The van der Waals surface area contributed by atoms with E-state index in [1.165, 1.54) is 0 Å². The van der Waals surface area contributed by atoms with E-state index in [2.05, 4.69) is 88.8 Å². The summed E-state index contributed by atoms with van der Waals surface area (Å²) in [5.74, 6) is 37.6. The van der Waals surface area contributed by atoms with Gasteiger partial charge in [0.15, 0.2) is 0 Å². The minimum Gasteiger partial charge on any atom is -0.358 e. The van der Waals surface area contributed by atoms with Crippen molar-refractivity contribution in [3.8, 4) is 101 Å². The normalized spacial score (nSPS) is 3.47. The summed E-state index contributed by atoms with van der Waals surface area (Å²) in [7, 11) is 0. The third-order valence-corrected chi connectivity index (χ3v) is 0.947. The smallest absolute Gasteiger partial charge is 0 e. The molecule has 0 heterocycles. The van der Waals surface area contributed by atoms with Crippen molar-refractivity contribution in [1.29, 1.82) is 0 Å². The van der Waals surface area contributed by atoms with Crippen molar-refractivity contribution in [2.45, 2.75) is 0 Å². The SMILES string of the molecule is [C-]#CC#CC#CC#CC#CC#CC#CC#CC#C.[U]. The van der Waals surface area contributed by atoms with Crippen LogP contribution in [0.2, 0.25) is 0 Å². The predicted octanol–water partition coefficient (Wildman–Crippen LogP) is 0.233. The second kappa shape index (κ2) is 17.5. The summed E-state index contributed by atoms with van der Waals surface area (Å²) in [6.45, 7) is 0. The zero-order chi connectivity index (χ0) is 13.3. The third kappa shape index (κ3) is 17.7. The molecule has 0 unspecified atom stereocenters. The molecular weight excluding hydrogens is 454 g/mol. The zero-order valence-corrected chi connectivity index (χ0v) is 13.7. The maximum absolute atomic E-state index is 6.47. The minimum atomic E-state index is 0. The molecule has 0 aliphatic carbocycles. The molecule has 0 saturated heterocycles. The first-order valence-corrected chi connectivity index (χ1v) is 4.29. The van der Waals surface area contributed by atoms with Crippen LogP contribution in [0.4, 0.5) is 0 Å². The van der Waals surface area contributed by atoms with Gasteiger partial charge in [-0.1, -0.05) is 0 Å². The van der Waals surface area contributed by atoms with Crippen LogP contribution >= 0.6 is 0 Å². The first-order chi connectivity index (χ1) is 8.91. The molecule has 0 fully saturated rings. The van der Waals surface area contributed by atoms with E-state index < -0.39 is 0 Å². The van der Waals surface area contributed by atoms with Crippen LogP contribution < -0.4 is 0 Å². The van der Waals surface area contributed by atoms with E-state index in [1.54, 1.807) is 0 Å². The van der Waals surface area contributed by atoms with E-state index in [-0.39, 0.29) is 31.1 Å². The topological polar surface area (TPSA) is 0 Å². The Kier molecular flexibility index (Phi) is 17.0. The second-order valence-corrected chi connectivity index (χ2v) is 2.02. The Bertz CT molecular complexity index is 749. The summed E-state index contributed by atoms with van der Waals surface area (Å²) >= 11 is 0. The maximum Gasteiger partial charge on any atom is 0 e. The predicted molar refractivity (Wildman–Crippen MR) is 70.4 cm³/mol. The van der Waals surface area contributed by atoms with Crippen LogP contribution in [0.5, 0.6) is 0 Å². The summed E-state index contributed by atoms with van der Waals surface area (Å²) in [6, 6.07) is 0. The van der Waals surface area contributed by atoms with Gasteiger partial charge in [-0.15, -0.1) is 12.3 Å². The molecular formula is C18HU-. The molecule has 0 aromatic heterocycles. The van der Waals surface area contributed by atoms with Gasteiger partial charge in [-0.3, -0.25) is 5.92 Å². The van der Waals surface area contributed by atoms with Crippen molar-refractivity contribution in [3.63, 3.8) is 0 Å². The van der Waals surface area contributed by atoms with Crippen molar-refractivity contribution in [2.75, 3.05) is 0 Å². The van der Waals surface area contributed by atoms with Crippen LogP contribution in [0.3, 0.4) is 0 Å². The molecule has 0 aliphatic rings. The van der Waals surface area contributed by atoms with Gasteiger partial charge in [0, 0.05) is 31.1 Å². The molecule has 0 radical (unpaired) electrons. The van der Waals surface area contributed by atoms with E-state index in [0.29, 0.717) is 0 Å². The Labute approximate surface area is 138 Å². The first-order valence-electron chi connectivity index (χ1n) is 4.29. The Hall–Kier alpha value is -2.91. The second-order valence-electron chi connectivity index (χ2n) is 2.02. The van der Waals surface area contributed by atoms with Gasteiger partial charge in [0.1, 0.15) is 0 Å². The van der Waals surface area contributed by atoms with E-state index >= 15 is 0 Å². The standard InChI is InChI=1S/C18H.U/c1-3-5-7-9-11-13-15-17-18-16-14-12-10-8-6-4-2;/h1H;/q-1;. The fourth-order valence-corrected chi connectivity index (χ4v) is 0.442. The molecule has 0 rings (SSSR count). The molecule has 0 saturated carbocycles.